The molecule has 1 aliphatic rings. The van der Waals surface area contributed by atoms with Crippen LogP contribution in [0.5, 0.6) is 0 Å². The maximum Gasteiger partial charge on any atom is 0.0739 e. The number of hydrogen-bond acceptors (Lipinski definition) is 4. The van der Waals surface area contributed by atoms with Crippen molar-refractivity contribution in [2.45, 2.75) is 51.1 Å². The molecule has 0 saturated heterocycles. The van der Waals surface area contributed by atoms with Crippen LogP contribution in [0.3, 0.4) is 0 Å². The molecule has 0 bridgehead atoms. The van der Waals surface area contributed by atoms with Crippen molar-refractivity contribution in [2.75, 3.05) is 14.1 Å². The highest BCUT2D eigenvalue weighted by molar-refractivity contribution is 7.10. The van der Waals surface area contributed by atoms with Crippen LogP contribution in [0, 0.1) is 12.8 Å². The molecule has 1 aromatic heterocycles. The molecule has 4 heteroatoms. The first kappa shape index (κ1) is 15.0. The first-order chi connectivity index (χ1) is 9.01. The second kappa shape index (κ2) is 5.92. The van der Waals surface area contributed by atoms with Crippen LogP contribution in [0.4, 0.5) is 0 Å². The molecule has 0 amide bonds. The van der Waals surface area contributed by atoms with Crippen molar-refractivity contribution in [3.63, 3.8) is 0 Å². The lowest BCUT2D eigenvalue weighted by atomic mass is 9.71. The average Bonchev–Trinajstić information content (AvgIpc) is 2.79. The van der Waals surface area contributed by atoms with Gasteiger partial charge in [-0.15, -0.1) is 11.3 Å². The van der Waals surface area contributed by atoms with Crippen molar-refractivity contribution in [1.29, 1.82) is 0 Å². The van der Waals surface area contributed by atoms with E-state index in [0.29, 0.717) is 0 Å². The summed E-state index contributed by atoms with van der Waals surface area (Å²) in [4.78, 5) is 3.79. The molecule has 3 nitrogen and oxygen atoms in total. The van der Waals surface area contributed by atoms with Gasteiger partial charge in [0.2, 0.25) is 0 Å². The van der Waals surface area contributed by atoms with E-state index >= 15 is 0 Å². The molecule has 1 fully saturated rings. The minimum atomic E-state index is 0.150. The molecule has 2 rings (SSSR count). The van der Waals surface area contributed by atoms with Crippen LogP contribution in [0.25, 0.3) is 0 Å². The fourth-order valence-electron chi connectivity index (χ4n) is 3.41. The smallest absolute Gasteiger partial charge is 0.0739 e. The number of nitrogens with two attached hydrogens (primary N) is 1. The standard InChI is InChI=1S/C15H27N3S/c1-11-5-8-15(9-6-11,18(3)4)14(17-16)13-12(2)7-10-19-13/h7,10-11,14,17H,5-6,8-9,16H2,1-4H3. The molecule has 0 aromatic carbocycles. The summed E-state index contributed by atoms with van der Waals surface area (Å²) in [7, 11) is 4.40. The Hall–Kier alpha value is -0.420. The summed E-state index contributed by atoms with van der Waals surface area (Å²) in [5, 5.41) is 2.17. The minimum absolute atomic E-state index is 0.150. The lowest BCUT2D eigenvalue weighted by molar-refractivity contribution is 0.0438. The second-order valence-corrected chi connectivity index (χ2v) is 7.20. The molecule has 1 atom stereocenters. The molecule has 3 N–H and O–H groups in total. The van der Waals surface area contributed by atoms with Gasteiger partial charge in [0.15, 0.2) is 0 Å². The Morgan fingerprint density at radius 1 is 1.42 bits per heavy atom. The number of hydrazine groups is 1. The van der Waals surface area contributed by atoms with Gasteiger partial charge in [-0.05, 0) is 69.6 Å². The summed E-state index contributed by atoms with van der Waals surface area (Å²) in [5.41, 5.74) is 4.62. The summed E-state index contributed by atoms with van der Waals surface area (Å²) in [5.74, 6) is 6.79. The lowest BCUT2D eigenvalue weighted by Crippen LogP contribution is -2.56. The van der Waals surface area contributed by atoms with Crippen LogP contribution in [0.2, 0.25) is 0 Å². The van der Waals surface area contributed by atoms with E-state index < -0.39 is 0 Å². The van der Waals surface area contributed by atoms with E-state index in [1.54, 1.807) is 0 Å². The first-order valence-electron chi connectivity index (χ1n) is 7.19. The Kier molecular flexibility index (Phi) is 4.66. The summed E-state index contributed by atoms with van der Waals surface area (Å²) < 4.78 is 0. The molecular weight excluding hydrogens is 254 g/mol. The van der Waals surface area contributed by atoms with Crippen molar-refractivity contribution >= 4 is 11.3 Å². The predicted molar refractivity (Wildman–Crippen MR) is 83.2 cm³/mol. The van der Waals surface area contributed by atoms with Crippen LogP contribution in [-0.4, -0.2) is 24.5 Å². The first-order valence-corrected chi connectivity index (χ1v) is 8.07. The third kappa shape index (κ3) is 2.72. The molecule has 1 unspecified atom stereocenters. The van der Waals surface area contributed by atoms with E-state index in [-0.39, 0.29) is 11.6 Å². The van der Waals surface area contributed by atoms with E-state index in [1.165, 1.54) is 36.1 Å². The molecule has 0 spiro atoms. The zero-order valence-electron chi connectivity index (χ0n) is 12.6. The monoisotopic (exact) mass is 281 g/mol. The number of nitrogens with one attached hydrogen (secondary N) is 1. The molecule has 1 saturated carbocycles. The molecule has 19 heavy (non-hydrogen) atoms. The number of rotatable bonds is 4. The normalized spacial score (nSPS) is 29.7. The van der Waals surface area contributed by atoms with E-state index in [1.807, 2.05) is 11.3 Å². The number of thiophene rings is 1. The lowest BCUT2D eigenvalue weighted by Gasteiger charge is -2.49. The van der Waals surface area contributed by atoms with Crippen molar-refractivity contribution in [1.82, 2.24) is 10.3 Å². The molecule has 1 aliphatic carbocycles. The summed E-state index contributed by atoms with van der Waals surface area (Å²) >= 11 is 1.82. The summed E-state index contributed by atoms with van der Waals surface area (Å²) in [6, 6.07) is 2.43. The fourth-order valence-corrected chi connectivity index (χ4v) is 4.51. The number of likely N-dealkylation sites (N-methyl/N-ethyl adjacent to an activating group) is 1. The SMILES string of the molecule is Cc1ccsc1C(NN)C1(N(C)C)CCC(C)CC1. The quantitative estimate of drug-likeness (QED) is 0.658. The highest BCUT2D eigenvalue weighted by Gasteiger charge is 2.44. The molecule has 108 valence electrons. The fraction of sp³-hybridized carbons (Fsp3) is 0.733. The van der Waals surface area contributed by atoms with Gasteiger partial charge < -0.3 is 4.90 Å². The summed E-state index contributed by atoms with van der Waals surface area (Å²) in [6.45, 7) is 4.55. The number of aryl methyl sites for hydroxylation is 1. The second-order valence-electron chi connectivity index (χ2n) is 6.25. The van der Waals surface area contributed by atoms with Crippen molar-refractivity contribution in [3.8, 4) is 0 Å². The number of hydrogen-bond donors (Lipinski definition) is 2. The van der Waals surface area contributed by atoms with Crippen LogP contribution >= 0.6 is 11.3 Å². The van der Waals surface area contributed by atoms with E-state index in [0.717, 1.165) is 5.92 Å². The third-order valence-corrected chi connectivity index (χ3v) is 5.98. The van der Waals surface area contributed by atoms with Gasteiger partial charge >= 0.3 is 0 Å². The van der Waals surface area contributed by atoms with Gasteiger partial charge in [-0.3, -0.25) is 11.3 Å². The van der Waals surface area contributed by atoms with Crippen LogP contribution < -0.4 is 11.3 Å². The molecular formula is C15H27N3S. The van der Waals surface area contributed by atoms with E-state index in [4.69, 9.17) is 5.84 Å². The largest absolute Gasteiger partial charge is 0.302 e. The van der Waals surface area contributed by atoms with Gasteiger partial charge in [-0.25, -0.2) is 0 Å². The predicted octanol–water partition coefficient (Wildman–Crippen LogP) is 3.07. The van der Waals surface area contributed by atoms with Gasteiger partial charge in [0.1, 0.15) is 0 Å². The Morgan fingerprint density at radius 3 is 2.47 bits per heavy atom. The summed E-state index contributed by atoms with van der Waals surface area (Å²) in [6.07, 6.45) is 5.02. The van der Waals surface area contributed by atoms with Gasteiger partial charge in [0.25, 0.3) is 0 Å². The molecule has 1 aromatic rings. The minimum Gasteiger partial charge on any atom is -0.302 e. The average molecular weight is 281 g/mol. The number of nitrogens with zero attached hydrogens (tertiary/aromatic N) is 1. The van der Waals surface area contributed by atoms with E-state index in [9.17, 15) is 0 Å². The van der Waals surface area contributed by atoms with Crippen LogP contribution in [0.1, 0.15) is 49.1 Å². The Bertz CT molecular complexity index is 405. The van der Waals surface area contributed by atoms with Crippen LogP contribution in [0.15, 0.2) is 11.4 Å². The Labute approximate surface area is 121 Å². The Balaban J connectivity index is 2.34. The molecule has 0 radical (unpaired) electrons. The maximum atomic E-state index is 5.95. The highest BCUT2D eigenvalue weighted by atomic mass is 32.1. The van der Waals surface area contributed by atoms with E-state index in [2.05, 4.69) is 49.7 Å². The van der Waals surface area contributed by atoms with Gasteiger partial charge in [-0.1, -0.05) is 6.92 Å². The van der Waals surface area contributed by atoms with Gasteiger partial charge in [-0.2, -0.15) is 0 Å². The van der Waals surface area contributed by atoms with Crippen molar-refractivity contribution < 1.29 is 0 Å². The van der Waals surface area contributed by atoms with Crippen LogP contribution in [-0.2, 0) is 0 Å². The maximum absolute atomic E-state index is 5.95. The van der Waals surface area contributed by atoms with Crippen molar-refractivity contribution in [3.05, 3.63) is 21.9 Å². The molecule has 1 heterocycles. The Morgan fingerprint density at radius 2 is 2.05 bits per heavy atom. The van der Waals surface area contributed by atoms with Gasteiger partial charge in [0.05, 0.1) is 6.04 Å². The zero-order chi connectivity index (χ0) is 14.0. The van der Waals surface area contributed by atoms with Crippen molar-refractivity contribution in [2.24, 2.45) is 11.8 Å². The molecule has 0 aliphatic heterocycles. The topological polar surface area (TPSA) is 41.3 Å². The zero-order valence-corrected chi connectivity index (χ0v) is 13.4. The highest BCUT2D eigenvalue weighted by Crippen LogP contribution is 2.45. The third-order valence-electron chi connectivity index (χ3n) is 4.90. The van der Waals surface area contributed by atoms with Gasteiger partial charge in [0, 0.05) is 10.4 Å².